The number of carboxylic acid groups (broad SMARTS) is 1. The average Bonchev–Trinajstić information content (AvgIpc) is 2.65. The highest BCUT2D eigenvalue weighted by Gasteiger charge is 2.72. The van der Waals surface area contributed by atoms with Gasteiger partial charge in [0, 0.05) is 11.8 Å². The van der Waals surface area contributed by atoms with Gasteiger partial charge in [0.25, 0.3) is 0 Å². The molecule has 3 rings (SSSR count). The van der Waals surface area contributed by atoms with Crippen LogP contribution in [0.2, 0.25) is 0 Å². The second-order valence-electron chi connectivity index (χ2n) is 7.69. The molecule has 0 amide bonds. The Morgan fingerprint density at radius 3 is 2.11 bits per heavy atom. The quantitative estimate of drug-likeness (QED) is 0.794. The van der Waals surface area contributed by atoms with E-state index in [9.17, 15) is 9.90 Å². The van der Waals surface area contributed by atoms with Crippen molar-refractivity contribution in [1.29, 1.82) is 0 Å². The Morgan fingerprint density at radius 1 is 1.16 bits per heavy atom. The highest BCUT2D eigenvalue weighted by Crippen LogP contribution is 2.71. The van der Waals surface area contributed by atoms with Crippen molar-refractivity contribution >= 4 is 5.97 Å². The molecule has 0 aromatic carbocycles. The zero-order valence-corrected chi connectivity index (χ0v) is 12.3. The summed E-state index contributed by atoms with van der Waals surface area (Å²) in [5.41, 5.74) is -0.720. The minimum absolute atomic E-state index is 0.00942. The molecule has 108 valence electrons. The Bertz CT molecular complexity index is 420. The van der Waals surface area contributed by atoms with Crippen LogP contribution in [0.25, 0.3) is 0 Å². The van der Waals surface area contributed by atoms with Crippen molar-refractivity contribution in [3.63, 3.8) is 0 Å². The minimum Gasteiger partial charge on any atom is -0.481 e. The lowest BCUT2D eigenvalue weighted by atomic mass is 9.68. The molecule has 0 aromatic heterocycles. The molecule has 2 saturated carbocycles. The maximum atomic E-state index is 11.3. The van der Waals surface area contributed by atoms with Crippen LogP contribution < -0.4 is 0 Å². The molecule has 2 unspecified atom stereocenters. The van der Waals surface area contributed by atoms with Crippen molar-refractivity contribution < 1.29 is 19.4 Å². The SMILES string of the molecule is CC1(C(=O)O)COC2(CC3CCC2(C)C3(C)C)OC1. The summed E-state index contributed by atoms with van der Waals surface area (Å²) in [4.78, 5) is 11.3. The first-order valence-corrected chi connectivity index (χ1v) is 7.18. The second-order valence-corrected chi connectivity index (χ2v) is 7.69. The number of aliphatic carboxylic acids is 1. The van der Waals surface area contributed by atoms with Gasteiger partial charge in [-0.3, -0.25) is 4.79 Å². The van der Waals surface area contributed by atoms with E-state index in [1.54, 1.807) is 6.92 Å². The van der Waals surface area contributed by atoms with Gasteiger partial charge in [0.2, 0.25) is 0 Å². The Kier molecular flexibility index (Phi) is 2.48. The van der Waals surface area contributed by atoms with Gasteiger partial charge in [0.05, 0.1) is 13.2 Å². The van der Waals surface area contributed by atoms with Gasteiger partial charge in [-0.1, -0.05) is 20.8 Å². The molecule has 1 N–H and O–H groups in total. The summed E-state index contributed by atoms with van der Waals surface area (Å²) >= 11 is 0. The second kappa shape index (κ2) is 3.53. The molecule has 1 aliphatic heterocycles. The zero-order valence-electron chi connectivity index (χ0n) is 12.3. The molecule has 1 saturated heterocycles. The fourth-order valence-corrected chi connectivity index (χ4v) is 4.38. The van der Waals surface area contributed by atoms with Gasteiger partial charge >= 0.3 is 5.97 Å². The van der Waals surface area contributed by atoms with Crippen LogP contribution in [-0.4, -0.2) is 30.1 Å². The van der Waals surface area contributed by atoms with Crippen LogP contribution in [-0.2, 0) is 14.3 Å². The first-order valence-electron chi connectivity index (χ1n) is 7.18. The largest absolute Gasteiger partial charge is 0.481 e. The molecular formula is C15H24O4. The van der Waals surface area contributed by atoms with E-state index in [4.69, 9.17) is 9.47 Å². The molecule has 3 aliphatic rings. The highest BCUT2D eigenvalue weighted by molar-refractivity contribution is 5.74. The van der Waals surface area contributed by atoms with Crippen LogP contribution in [0.15, 0.2) is 0 Å². The molecule has 1 heterocycles. The number of carbonyl (C=O) groups is 1. The Balaban J connectivity index is 1.88. The van der Waals surface area contributed by atoms with Gasteiger partial charge in [-0.05, 0) is 31.1 Å². The normalized spacial score (nSPS) is 51.7. The average molecular weight is 268 g/mol. The van der Waals surface area contributed by atoms with Crippen LogP contribution >= 0.6 is 0 Å². The van der Waals surface area contributed by atoms with E-state index >= 15 is 0 Å². The number of carboxylic acids is 1. The van der Waals surface area contributed by atoms with Crippen LogP contribution in [0.3, 0.4) is 0 Å². The summed E-state index contributed by atoms with van der Waals surface area (Å²) in [6.45, 7) is 9.06. The zero-order chi connectivity index (χ0) is 14.1. The number of rotatable bonds is 1. The van der Waals surface area contributed by atoms with Crippen molar-refractivity contribution in [2.45, 2.75) is 52.7 Å². The fraction of sp³-hybridized carbons (Fsp3) is 0.933. The molecule has 1 spiro atoms. The molecule has 2 atom stereocenters. The summed E-state index contributed by atoms with van der Waals surface area (Å²) < 4.78 is 12.1. The summed E-state index contributed by atoms with van der Waals surface area (Å²) in [7, 11) is 0. The predicted octanol–water partition coefficient (Wildman–Crippen LogP) is 2.67. The van der Waals surface area contributed by atoms with E-state index in [1.807, 2.05) is 0 Å². The van der Waals surface area contributed by atoms with Crippen LogP contribution in [0.5, 0.6) is 0 Å². The standard InChI is InChI=1S/C15H24O4/c1-12(2)10-5-6-14(12,4)15(7-10)18-8-13(3,9-19-15)11(16)17/h10H,5-9H2,1-4H3,(H,16,17). The molecule has 2 bridgehead atoms. The lowest BCUT2D eigenvalue weighted by Gasteiger charge is -2.52. The fourth-order valence-electron chi connectivity index (χ4n) is 4.38. The summed E-state index contributed by atoms with van der Waals surface area (Å²) in [6.07, 6.45) is 3.24. The van der Waals surface area contributed by atoms with Gasteiger partial charge in [0.15, 0.2) is 5.79 Å². The lowest BCUT2D eigenvalue weighted by molar-refractivity contribution is -0.345. The first kappa shape index (κ1) is 13.4. The van der Waals surface area contributed by atoms with E-state index in [0.717, 1.165) is 12.8 Å². The third-order valence-corrected chi connectivity index (χ3v) is 6.56. The molecule has 0 aromatic rings. The number of fused-ring (bicyclic) bond motifs is 3. The maximum absolute atomic E-state index is 11.3. The predicted molar refractivity (Wildman–Crippen MR) is 69.6 cm³/mol. The van der Waals surface area contributed by atoms with Crippen molar-refractivity contribution in [1.82, 2.24) is 0 Å². The monoisotopic (exact) mass is 268 g/mol. The topological polar surface area (TPSA) is 55.8 Å². The van der Waals surface area contributed by atoms with E-state index in [2.05, 4.69) is 20.8 Å². The number of hydrogen-bond donors (Lipinski definition) is 1. The molecule has 0 radical (unpaired) electrons. The summed E-state index contributed by atoms with van der Waals surface area (Å²) in [5, 5.41) is 9.27. The lowest BCUT2D eigenvalue weighted by Crippen LogP contribution is -2.58. The van der Waals surface area contributed by atoms with Gasteiger partial charge in [0.1, 0.15) is 5.41 Å². The Hall–Kier alpha value is -0.610. The number of hydrogen-bond acceptors (Lipinski definition) is 3. The van der Waals surface area contributed by atoms with Crippen LogP contribution in [0.1, 0.15) is 47.0 Å². The molecule has 19 heavy (non-hydrogen) atoms. The molecule has 3 fully saturated rings. The van der Waals surface area contributed by atoms with E-state index in [1.165, 1.54) is 6.42 Å². The molecule has 4 nitrogen and oxygen atoms in total. The van der Waals surface area contributed by atoms with Gasteiger partial charge in [-0.2, -0.15) is 0 Å². The van der Waals surface area contributed by atoms with Gasteiger partial charge < -0.3 is 14.6 Å². The number of ether oxygens (including phenoxy) is 2. The maximum Gasteiger partial charge on any atom is 0.314 e. The third kappa shape index (κ3) is 1.39. The Labute approximate surface area is 114 Å². The first-order chi connectivity index (χ1) is 8.67. The van der Waals surface area contributed by atoms with Gasteiger partial charge in [-0.15, -0.1) is 0 Å². The van der Waals surface area contributed by atoms with Crippen LogP contribution in [0.4, 0.5) is 0 Å². The highest BCUT2D eigenvalue weighted by atomic mass is 16.7. The van der Waals surface area contributed by atoms with Gasteiger partial charge in [-0.25, -0.2) is 0 Å². The van der Waals surface area contributed by atoms with E-state index < -0.39 is 17.2 Å². The van der Waals surface area contributed by atoms with Crippen LogP contribution in [0, 0.1) is 22.2 Å². The van der Waals surface area contributed by atoms with Crippen molar-refractivity contribution in [2.24, 2.45) is 22.2 Å². The molecular weight excluding hydrogens is 244 g/mol. The molecule has 4 heteroatoms. The molecule has 2 aliphatic carbocycles. The third-order valence-electron chi connectivity index (χ3n) is 6.56. The minimum atomic E-state index is -0.909. The smallest absolute Gasteiger partial charge is 0.314 e. The van der Waals surface area contributed by atoms with E-state index in [-0.39, 0.29) is 24.0 Å². The van der Waals surface area contributed by atoms with Crippen molar-refractivity contribution in [3.05, 3.63) is 0 Å². The Morgan fingerprint density at radius 2 is 1.74 bits per heavy atom. The van der Waals surface area contributed by atoms with Crippen molar-refractivity contribution in [2.75, 3.05) is 13.2 Å². The summed E-state index contributed by atoms with van der Waals surface area (Å²) in [6, 6.07) is 0. The van der Waals surface area contributed by atoms with Crippen molar-refractivity contribution in [3.8, 4) is 0 Å². The van der Waals surface area contributed by atoms with E-state index in [0.29, 0.717) is 5.92 Å². The summed E-state index contributed by atoms with van der Waals surface area (Å²) in [5.74, 6) is -0.782.